The van der Waals surface area contributed by atoms with Crippen molar-refractivity contribution in [1.82, 2.24) is 15.1 Å². The van der Waals surface area contributed by atoms with E-state index in [-0.39, 0.29) is 32.1 Å². The normalized spacial score (nSPS) is 20.7. The van der Waals surface area contributed by atoms with Crippen molar-refractivity contribution in [3.63, 3.8) is 0 Å². The molecule has 142 valence electrons. The summed E-state index contributed by atoms with van der Waals surface area (Å²) in [6.45, 7) is 2.18. The Hall–Kier alpha value is -1.75. The monoisotopic (exact) mass is 359 g/mol. The molecule has 1 N–H and O–H groups in total. The zero-order valence-electron chi connectivity index (χ0n) is 14.3. The van der Waals surface area contributed by atoms with E-state index in [9.17, 15) is 14.4 Å². The molecule has 2 saturated heterocycles. The number of hydrogen-bond donors (Lipinski definition) is 1. The van der Waals surface area contributed by atoms with Crippen LogP contribution in [-0.2, 0) is 23.7 Å². The van der Waals surface area contributed by atoms with Crippen molar-refractivity contribution < 1.29 is 33.3 Å². The predicted octanol–water partition coefficient (Wildman–Crippen LogP) is -0.225. The van der Waals surface area contributed by atoms with Gasteiger partial charge in [-0.1, -0.05) is 0 Å². The summed E-state index contributed by atoms with van der Waals surface area (Å²) in [4.78, 5) is 37.8. The molecule has 2 aliphatic rings. The number of amides is 5. The topological polar surface area (TPSA) is 113 Å². The van der Waals surface area contributed by atoms with Gasteiger partial charge in [0.1, 0.15) is 6.73 Å². The first-order valence-electron chi connectivity index (χ1n) is 8.27. The number of nitrogens with zero attached hydrogens (tertiary/aromatic N) is 2. The van der Waals surface area contributed by atoms with Crippen LogP contribution in [0.3, 0.4) is 0 Å². The van der Waals surface area contributed by atoms with Crippen molar-refractivity contribution >= 4 is 18.5 Å². The molecule has 2 atom stereocenters. The molecule has 2 heterocycles. The highest BCUT2D eigenvalue weighted by atomic mass is 16.6. The quantitative estimate of drug-likeness (QED) is 0.222. The first kappa shape index (κ1) is 19.6. The number of methoxy groups -OCH3 is 1. The number of imide groups is 2. The van der Waals surface area contributed by atoms with Gasteiger partial charge in [0.15, 0.2) is 0 Å². The van der Waals surface area contributed by atoms with E-state index in [1.807, 2.05) is 0 Å². The number of hydrogen-bond acceptors (Lipinski definition) is 7. The number of urea groups is 2. The number of nitrogens with one attached hydrogen (secondary N) is 1. The molecule has 5 amide bonds. The standard InChI is InChI=1S/C15H25N3O7/c1-22-6-7-23-11-18(14(20)16-4-2-12-8-24-12)15(21)17(10-19)5-3-13-9-25-13/h10,12-13H,2-9,11H2,1H3,(H,16,20). The highest BCUT2D eigenvalue weighted by Crippen LogP contribution is 2.14. The van der Waals surface area contributed by atoms with Gasteiger partial charge in [-0.15, -0.1) is 0 Å². The number of carbonyl (C=O) groups excluding carboxylic acids is 3. The third kappa shape index (κ3) is 7.34. The lowest BCUT2D eigenvalue weighted by molar-refractivity contribution is -0.116. The van der Waals surface area contributed by atoms with E-state index in [1.54, 1.807) is 0 Å². The van der Waals surface area contributed by atoms with Crippen molar-refractivity contribution in [2.24, 2.45) is 0 Å². The van der Waals surface area contributed by atoms with Crippen molar-refractivity contribution in [1.29, 1.82) is 0 Å². The minimum Gasteiger partial charge on any atom is -0.382 e. The molecule has 0 spiro atoms. The number of carbonyl (C=O) groups is 3. The zero-order chi connectivity index (χ0) is 18.1. The summed E-state index contributed by atoms with van der Waals surface area (Å²) >= 11 is 0. The molecule has 10 nitrogen and oxygen atoms in total. The highest BCUT2D eigenvalue weighted by molar-refractivity contribution is 5.97. The Balaban J connectivity index is 1.85. The van der Waals surface area contributed by atoms with E-state index in [2.05, 4.69) is 5.32 Å². The third-order valence-corrected chi connectivity index (χ3v) is 3.74. The molecule has 0 aliphatic carbocycles. The summed E-state index contributed by atoms with van der Waals surface area (Å²) in [5, 5.41) is 2.64. The van der Waals surface area contributed by atoms with Crippen LogP contribution in [0, 0.1) is 0 Å². The minimum absolute atomic E-state index is 0.0778. The fourth-order valence-corrected chi connectivity index (χ4v) is 2.04. The molecule has 0 bridgehead atoms. The molecular formula is C15H25N3O7. The van der Waals surface area contributed by atoms with E-state index in [1.165, 1.54) is 7.11 Å². The molecule has 0 aromatic heterocycles. The first-order chi connectivity index (χ1) is 12.2. The molecule has 0 saturated carbocycles. The highest BCUT2D eigenvalue weighted by Gasteiger charge is 2.30. The van der Waals surface area contributed by atoms with Crippen LogP contribution < -0.4 is 5.32 Å². The molecule has 0 aromatic carbocycles. The summed E-state index contributed by atoms with van der Waals surface area (Å²) in [5.41, 5.74) is 0. The van der Waals surface area contributed by atoms with Gasteiger partial charge in [-0.05, 0) is 12.8 Å². The summed E-state index contributed by atoms with van der Waals surface area (Å²) in [6.07, 6.45) is 1.89. The molecule has 2 fully saturated rings. The van der Waals surface area contributed by atoms with Gasteiger partial charge in [0.2, 0.25) is 6.41 Å². The van der Waals surface area contributed by atoms with Crippen molar-refractivity contribution in [3.8, 4) is 0 Å². The average Bonchev–Trinajstić information content (AvgIpc) is 3.49. The van der Waals surface area contributed by atoms with Gasteiger partial charge in [-0.3, -0.25) is 9.69 Å². The Labute approximate surface area is 146 Å². The number of rotatable bonds is 12. The Morgan fingerprint density at radius 2 is 1.88 bits per heavy atom. The predicted molar refractivity (Wildman–Crippen MR) is 84.8 cm³/mol. The van der Waals surface area contributed by atoms with Crippen LogP contribution in [0.1, 0.15) is 12.8 Å². The van der Waals surface area contributed by atoms with Crippen LogP contribution >= 0.6 is 0 Å². The van der Waals surface area contributed by atoms with Crippen LogP contribution in [0.25, 0.3) is 0 Å². The van der Waals surface area contributed by atoms with Gasteiger partial charge < -0.3 is 24.3 Å². The molecule has 0 aromatic rings. The van der Waals surface area contributed by atoms with Gasteiger partial charge >= 0.3 is 12.1 Å². The zero-order valence-corrected chi connectivity index (χ0v) is 14.3. The Morgan fingerprint density at radius 1 is 1.20 bits per heavy atom. The van der Waals surface area contributed by atoms with Gasteiger partial charge in [0.25, 0.3) is 0 Å². The third-order valence-electron chi connectivity index (χ3n) is 3.74. The van der Waals surface area contributed by atoms with Crippen LogP contribution in [0.5, 0.6) is 0 Å². The Bertz CT molecular complexity index is 454. The van der Waals surface area contributed by atoms with Gasteiger partial charge in [-0.2, -0.15) is 0 Å². The SMILES string of the molecule is COCCOCN(C(=O)NCCC1CO1)C(=O)N(C=O)CCC1CO1. The van der Waals surface area contributed by atoms with Crippen LogP contribution in [0.4, 0.5) is 9.59 Å². The van der Waals surface area contributed by atoms with Crippen LogP contribution in [0.15, 0.2) is 0 Å². The Kier molecular flexibility index (Phi) is 8.06. The molecule has 2 rings (SSSR count). The van der Waals surface area contributed by atoms with Crippen molar-refractivity contribution in [2.45, 2.75) is 25.0 Å². The molecule has 25 heavy (non-hydrogen) atoms. The summed E-state index contributed by atoms with van der Waals surface area (Å²) in [7, 11) is 1.52. The maximum atomic E-state index is 12.5. The van der Waals surface area contributed by atoms with Gasteiger partial charge in [0.05, 0.1) is 38.6 Å². The van der Waals surface area contributed by atoms with Gasteiger partial charge in [0, 0.05) is 20.2 Å². The fraction of sp³-hybridized carbons (Fsp3) is 0.800. The van der Waals surface area contributed by atoms with Crippen LogP contribution in [0.2, 0.25) is 0 Å². The Morgan fingerprint density at radius 3 is 2.48 bits per heavy atom. The molecule has 0 radical (unpaired) electrons. The molecule has 10 heteroatoms. The molecule has 2 unspecified atom stereocenters. The van der Waals surface area contributed by atoms with Crippen LogP contribution in [-0.4, -0.2) is 93.8 Å². The summed E-state index contributed by atoms with van der Waals surface area (Å²) in [5.74, 6) is 0. The molecular weight excluding hydrogens is 334 g/mol. The lowest BCUT2D eigenvalue weighted by Gasteiger charge is -2.25. The second-order valence-corrected chi connectivity index (χ2v) is 5.76. The second-order valence-electron chi connectivity index (χ2n) is 5.76. The fourth-order valence-electron chi connectivity index (χ4n) is 2.04. The first-order valence-corrected chi connectivity index (χ1v) is 8.27. The number of ether oxygens (including phenoxy) is 4. The van der Waals surface area contributed by atoms with Gasteiger partial charge in [-0.25, -0.2) is 14.5 Å². The summed E-state index contributed by atoms with van der Waals surface area (Å²) < 4.78 is 20.3. The maximum absolute atomic E-state index is 12.5. The second kappa shape index (κ2) is 10.3. The lowest BCUT2D eigenvalue weighted by atomic mass is 10.3. The van der Waals surface area contributed by atoms with Crippen molar-refractivity contribution in [2.75, 3.05) is 53.4 Å². The largest absolute Gasteiger partial charge is 0.382 e. The van der Waals surface area contributed by atoms with E-state index in [0.717, 1.165) is 9.80 Å². The lowest BCUT2D eigenvalue weighted by Crippen LogP contribution is -2.51. The smallest absolute Gasteiger partial charge is 0.336 e. The van der Waals surface area contributed by atoms with E-state index < -0.39 is 12.1 Å². The maximum Gasteiger partial charge on any atom is 0.336 e. The summed E-state index contributed by atoms with van der Waals surface area (Å²) in [6, 6.07) is -1.34. The van der Waals surface area contributed by atoms with Crippen molar-refractivity contribution in [3.05, 3.63) is 0 Å². The van der Waals surface area contributed by atoms with E-state index in [0.29, 0.717) is 45.6 Å². The molecule has 2 aliphatic heterocycles. The minimum atomic E-state index is -0.728. The average molecular weight is 359 g/mol. The number of epoxide rings is 2. The van der Waals surface area contributed by atoms with E-state index in [4.69, 9.17) is 18.9 Å². The van der Waals surface area contributed by atoms with E-state index >= 15 is 0 Å².